The van der Waals surface area contributed by atoms with Gasteiger partial charge in [-0.1, -0.05) is 11.6 Å². The van der Waals surface area contributed by atoms with E-state index in [1.807, 2.05) is 0 Å². The van der Waals surface area contributed by atoms with Crippen molar-refractivity contribution in [2.75, 3.05) is 11.9 Å². The molecule has 0 saturated heterocycles. The number of rotatable bonds is 6. The number of anilines is 1. The maximum atomic E-state index is 13.6. The number of nitrogens with one attached hydrogen (secondary N) is 1. The minimum atomic E-state index is -1.07. The topological polar surface area (TPSA) is 143 Å². The highest BCUT2D eigenvalue weighted by molar-refractivity contribution is 9.10. The Hall–Kier alpha value is -4.42. The fourth-order valence-electron chi connectivity index (χ4n) is 4.28. The maximum Gasteiger partial charge on any atom is 0.335 e. The van der Waals surface area contributed by atoms with Crippen molar-refractivity contribution in [3.05, 3.63) is 99.0 Å². The first kappa shape index (κ1) is 26.2. The molecule has 0 spiro atoms. The van der Waals surface area contributed by atoms with Crippen molar-refractivity contribution in [3.8, 4) is 5.69 Å². The number of halogens is 2. The number of carbonyl (C=O) groups is 3. The summed E-state index contributed by atoms with van der Waals surface area (Å²) in [5.41, 5.74) is 3.01. The van der Waals surface area contributed by atoms with Crippen LogP contribution in [0.25, 0.3) is 11.8 Å². The fraction of sp³-hybridized carbons (Fsp3) is 0.115. The van der Waals surface area contributed by atoms with Gasteiger partial charge in [0.25, 0.3) is 5.91 Å². The number of pyridine rings is 1. The number of hydrogen-bond donors (Lipinski definition) is 2. The van der Waals surface area contributed by atoms with Gasteiger partial charge in [-0.15, -0.1) is 5.10 Å². The fourth-order valence-corrected chi connectivity index (χ4v) is 4.80. The Bertz CT molecular complexity index is 1590. The van der Waals surface area contributed by atoms with Crippen LogP contribution < -0.4 is 5.32 Å². The van der Waals surface area contributed by atoms with Crippen molar-refractivity contribution in [1.29, 1.82) is 0 Å². The molecule has 2 aromatic heterocycles. The molecule has 5 rings (SSSR count). The summed E-state index contributed by atoms with van der Waals surface area (Å²) < 4.78 is 2.12. The van der Waals surface area contributed by atoms with Crippen molar-refractivity contribution in [1.82, 2.24) is 30.1 Å². The summed E-state index contributed by atoms with van der Waals surface area (Å²) in [6.45, 7) is 0.260. The number of aromatic carboxylic acids is 1. The lowest BCUT2D eigenvalue weighted by Crippen LogP contribution is -2.45. The molecule has 2 N–H and O–H groups in total. The van der Waals surface area contributed by atoms with Crippen LogP contribution in [0.3, 0.4) is 0 Å². The first-order valence-corrected chi connectivity index (χ1v) is 12.8. The molecular formula is C26H19BrClN7O4. The molecular weight excluding hydrogens is 590 g/mol. The number of tetrazole rings is 1. The molecule has 13 heteroatoms. The molecule has 3 heterocycles. The van der Waals surface area contributed by atoms with Gasteiger partial charge in [-0.2, -0.15) is 4.68 Å². The average molecular weight is 609 g/mol. The highest BCUT2D eigenvalue weighted by Gasteiger charge is 2.36. The van der Waals surface area contributed by atoms with Crippen molar-refractivity contribution in [3.63, 3.8) is 0 Å². The predicted molar refractivity (Wildman–Crippen MR) is 145 cm³/mol. The van der Waals surface area contributed by atoms with Crippen LogP contribution in [0, 0.1) is 0 Å². The Morgan fingerprint density at radius 2 is 1.92 bits per heavy atom. The van der Waals surface area contributed by atoms with Crippen molar-refractivity contribution in [2.24, 2.45) is 0 Å². The zero-order valence-corrected chi connectivity index (χ0v) is 22.4. The van der Waals surface area contributed by atoms with Gasteiger partial charge < -0.3 is 15.3 Å². The van der Waals surface area contributed by atoms with Gasteiger partial charge in [0.2, 0.25) is 5.91 Å². The van der Waals surface area contributed by atoms with Crippen LogP contribution in [0.2, 0.25) is 5.02 Å². The summed E-state index contributed by atoms with van der Waals surface area (Å²) in [4.78, 5) is 44.2. The van der Waals surface area contributed by atoms with E-state index in [-0.39, 0.29) is 12.1 Å². The molecule has 0 radical (unpaired) electrons. The third kappa shape index (κ3) is 5.71. The zero-order valence-electron chi connectivity index (χ0n) is 20.0. The van der Waals surface area contributed by atoms with E-state index >= 15 is 0 Å². The lowest BCUT2D eigenvalue weighted by atomic mass is 9.95. The summed E-state index contributed by atoms with van der Waals surface area (Å²) in [7, 11) is 0. The van der Waals surface area contributed by atoms with Crippen LogP contribution in [0.1, 0.15) is 33.2 Å². The number of amides is 2. The summed E-state index contributed by atoms with van der Waals surface area (Å²) >= 11 is 9.60. The van der Waals surface area contributed by atoms with E-state index in [1.54, 1.807) is 36.5 Å². The van der Waals surface area contributed by atoms with Gasteiger partial charge in [0, 0.05) is 57.2 Å². The number of carboxylic acid groups (broad SMARTS) is 1. The first-order valence-electron chi connectivity index (χ1n) is 11.6. The predicted octanol–water partition coefficient (Wildman–Crippen LogP) is 3.95. The molecule has 0 aliphatic carbocycles. The van der Waals surface area contributed by atoms with Gasteiger partial charge in [0.05, 0.1) is 11.3 Å². The quantitative estimate of drug-likeness (QED) is 0.313. The van der Waals surface area contributed by atoms with Crippen LogP contribution in [-0.4, -0.2) is 59.5 Å². The molecule has 0 bridgehead atoms. The largest absolute Gasteiger partial charge is 0.478 e. The van der Waals surface area contributed by atoms with E-state index in [4.69, 9.17) is 16.7 Å². The van der Waals surface area contributed by atoms with Crippen molar-refractivity contribution in [2.45, 2.75) is 12.5 Å². The first-order chi connectivity index (χ1) is 18.8. The van der Waals surface area contributed by atoms with Crippen LogP contribution in [0.4, 0.5) is 5.69 Å². The molecule has 0 saturated carbocycles. The molecule has 1 aliphatic rings. The lowest BCUT2D eigenvalue weighted by molar-refractivity contribution is -0.135. The second-order valence-corrected chi connectivity index (χ2v) is 9.89. The third-order valence-electron chi connectivity index (χ3n) is 6.09. The van der Waals surface area contributed by atoms with Crippen molar-refractivity contribution < 1.29 is 19.5 Å². The van der Waals surface area contributed by atoms with Crippen LogP contribution in [0.5, 0.6) is 0 Å². The third-order valence-corrected chi connectivity index (χ3v) is 6.76. The van der Waals surface area contributed by atoms with E-state index in [9.17, 15) is 14.4 Å². The summed E-state index contributed by atoms with van der Waals surface area (Å²) in [5.74, 6) is -1.93. The van der Waals surface area contributed by atoms with E-state index in [0.29, 0.717) is 44.1 Å². The van der Waals surface area contributed by atoms with Gasteiger partial charge in [-0.25, -0.2) is 4.79 Å². The standard InChI is InChI=1S/C26H19BrClN7O4/c27-17-12-20-21(29-13-17)9-10-34(24(20)25(37)31-19-5-1-15(2-6-19)26(38)39)23(36)8-3-16-11-18(28)4-7-22(16)35-14-30-32-33-35/h1-8,11-14,24H,9-10H2,(H,31,37)(H,38,39)/b8-3+. The highest BCUT2D eigenvalue weighted by atomic mass is 79.9. The molecule has 196 valence electrons. The maximum absolute atomic E-state index is 13.6. The molecule has 0 fully saturated rings. The van der Waals surface area contributed by atoms with Crippen LogP contribution >= 0.6 is 27.5 Å². The molecule has 2 amide bonds. The monoisotopic (exact) mass is 607 g/mol. The van der Waals surface area contributed by atoms with Gasteiger partial charge in [0.1, 0.15) is 12.4 Å². The Kier molecular flexibility index (Phi) is 7.48. The van der Waals surface area contributed by atoms with E-state index in [1.165, 1.54) is 46.3 Å². The van der Waals surface area contributed by atoms with Gasteiger partial charge in [0.15, 0.2) is 0 Å². The second kappa shape index (κ2) is 11.1. The summed E-state index contributed by atoms with van der Waals surface area (Å²) in [6, 6.07) is 11.7. The molecule has 1 atom stereocenters. The molecule has 1 unspecified atom stereocenters. The SMILES string of the molecule is O=C(O)c1ccc(NC(=O)C2c3cc(Br)cnc3CCN2C(=O)/C=C/c2cc(Cl)ccc2-n2cnnn2)cc1. The Labute approximate surface area is 235 Å². The molecule has 39 heavy (non-hydrogen) atoms. The number of carboxylic acids is 1. The Morgan fingerprint density at radius 1 is 1.13 bits per heavy atom. The van der Waals surface area contributed by atoms with Gasteiger partial charge >= 0.3 is 5.97 Å². The Morgan fingerprint density at radius 3 is 2.64 bits per heavy atom. The molecule has 1 aliphatic heterocycles. The van der Waals surface area contributed by atoms with Crippen molar-refractivity contribution >= 4 is 57.1 Å². The van der Waals surface area contributed by atoms with Crippen LogP contribution in [-0.2, 0) is 16.0 Å². The number of carbonyl (C=O) groups excluding carboxylic acids is 2. The number of benzene rings is 2. The number of fused-ring (bicyclic) bond motifs is 1. The van der Waals surface area contributed by atoms with E-state index in [2.05, 4.69) is 41.8 Å². The Balaban J connectivity index is 1.45. The number of hydrogen-bond acceptors (Lipinski definition) is 7. The molecule has 2 aromatic carbocycles. The number of aromatic nitrogens is 5. The van der Waals surface area contributed by atoms with Crippen LogP contribution in [0.15, 0.2) is 71.6 Å². The average Bonchev–Trinajstić information content (AvgIpc) is 3.46. The zero-order chi connectivity index (χ0) is 27.5. The molecule has 4 aromatic rings. The highest BCUT2D eigenvalue weighted by Crippen LogP contribution is 2.32. The summed E-state index contributed by atoms with van der Waals surface area (Å²) in [5, 5.41) is 23.6. The normalized spacial score (nSPS) is 14.7. The minimum absolute atomic E-state index is 0.0909. The second-order valence-electron chi connectivity index (χ2n) is 8.54. The summed E-state index contributed by atoms with van der Waals surface area (Å²) in [6.07, 6.45) is 6.51. The smallest absolute Gasteiger partial charge is 0.335 e. The van der Waals surface area contributed by atoms with E-state index < -0.39 is 23.8 Å². The molecule has 11 nitrogen and oxygen atoms in total. The minimum Gasteiger partial charge on any atom is -0.478 e. The van der Waals surface area contributed by atoms with E-state index in [0.717, 1.165) is 0 Å². The number of nitrogens with zero attached hydrogens (tertiary/aromatic N) is 6. The van der Waals surface area contributed by atoms with Gasteiger partial charge in [-0.05, 0) is 81.0 Å². The lowest BCUT2D eigenvalue weighted by Gasteiger charge is -2.35. The van der Waals surface area contributed by atoms with Gasteiger partial charge in [-0.3, -0.25) is 14.6 Å².